The standard InChI is InChI=1S/C40H36O9Si/c41-16-13-25-19-22-7-1-4-10-28(22)34(31(25)37(44)45)40(50,35-29-11-5-2-8-23(29)20-26(14-17-42)32(35)38(46)47)36-30-12-6-3-9-24(30)21-27(15-18-43)33(36)39(48)49/h1-12,19-21,41-43H,13-18H2,50H3,(H,44,45)(H,46,47)(H,48,49). The number of hydrogen-bond donors (Lipinski definition) is 6. The van der Waals surface area contributed by atoms with Crippen molar-refractivity contribution in [2.24, 2.45) is 0 Å². The predicted molar refractivity (Wildman–Crippen MR) is 195 cm³/mol. The van der Waals surface area contributed by atoms with E-state index in [9.17, 15) is 45.0 Å². The molecule has 50 heavy (non-hydrogen) atoms. The number of aliphatic hydroxyl groups excluding tert-OH is 3. The Morgan fingerprint density at radius 2 is 0.740 bits per heavy atom. The van der Waals surface area contributed by atoms with Gasteiger partial charge in [0.25, 0.3) is 0 Å². The molecule has 6 rings (SSSR count). The van der Waals surface area contributed by atoms with Crippen molar-refractivity contribution in [1.82, 2.24) is 0 Å². The van der Waals surface area contributed by atoms with Crippen molar-refractivity contribution >= 4 is 60.5 Å². The zero-order chi connectivity index (χ0) is 35.7. The third-order valence-corrected chi connectivity index (χ3v) is 11.2. The zero-order valence-electron chi connectivity index (χ0n) is 27.3. The van der Waals surface area contributed by atoms with Gasteiger partial charge in [0.05, 0.1) is 16.7 Å². The fourth-order valence-corrected chi connectivity index (χ4v) is 9.39. The second kappa shape index (κ2) is 13.8. The highest BCUT2D eigenvalue weighted by molar-refractivity contribution is 6.28. The lowest BCUT2D eigenvalue weighted by atomic mass is 9.70. The molecule has 0 radical (unpaired) electrons. The average molecular weight is 689 g/mol. The maximum absolute atomic E-state index is 13.6. The van der Waals surface area contributed by atoms with E-state index in [1.807, 2.05) is 18.2 Å². The van der Waals surface area contributed by atoms with Gasteiger partial charge in [0.15, 0.2) is 0 Å². The van der Waals surface area contributed by atoms with Crippen LogP contribution in [-0.2, 0) is 24.3 Å². The van der Waals surface area contributed by atoms with E-state index >= 15 is 0 Å². The van der Waals surface area contributed by atoms with Gasteiger partial charge in [-0.3, -0.25) is 0 Å². The number of carboxylic acids is 3. The van der Waals surface area contributed by atoms with Gasteiger partial charge in [0, 0.05) is 35.1 Å². The molecule has 0 heterocycles. The fraction of sp³-hybridized carbons (Fsp3) is 0.175. The number of rotatable bonds is 12. The van der Waals surface area contributed by atoms with Crippen molar-refractivity contribution in [1.29, 1.82) is 0 Å². The van der Waals surface area contributed by atoms with Crippen LogP contribution in [0.1, 0.15) is 64.5 Å². The highest BCUT2D eigenvalue weighted by atomic mass is 28.1. The smallest absolute Gasteiger partial charge is 0.336 e. The molecular formula is C40H36O9Si. The van der Waals surface area contributed by atoms with Crippen LogP contribution in [0.3, 0.4) is 0 Å². The summed E-state index contributed by atoms with van der Waals surface area (Å²) in [7, 11) is -0.0481. The Labute approximate surface area is 290 Å². The quantitative estimate of drug-likeness (QED) is 0.0800. The molecule has 0 amide bonds. The molecule has 0 unspecified atom stereocenters. The summed E-state index contributed by atoms with van der Waals surface area (Å²) >= 11 is 0. The first-order chi connectivity index (χ1) is 24.1. The van der Waals surface area contributed by atoms with Gasteiger partial charge in [0.1, 0.15) is 0 Å². The summed E-state index contributed by atoms with van der Waals surface area (Å²) in [5, 5.41) is 65.4. The van der Waals surface area contributed by atoms with Crippen LogP contribution < -0.4 is 0 Å². The van der Waals surface area contributed by atoms with E-state index in [1.54, 1.807) is 72.8 Å². The SMILES string of the molecule is O=C(O)c1c(CCO)cc2ccccc2c1C([SiH3])(c1c(C(=O)O)c(CCO)cc2ccccc12)c1c(C(=O)O)c(CCO)cc2ccccc12. The van der Waals surface area contributed by atoms with Gasteiger partial charge in [-0.05, 0) is 85.0 Å². The number of hydrogen-bond acceptors (Lipinski definition) is 6. The van der Waals surface area contributed by atoms with E-state index in [4.69, 9.17) is 0 Å². The van der Waals surface area contributed by atoms with Crippen molar-refractivity contribution in [3.63, 3.8) is 0 Å². The summed E-state index contributed by atoms with van der Waals surface area (Å²) in [6, 6.07) is 26.5. The summed E-state index contributed by atoms with van der Waals surface area (Å²) in [5.41, 5.74) is 1.18. The summed E-state index contributed by atoms with van der Waals surface area (Å²) in [6.45, 7) is -1.09. The average Bonchev–Trinajstić information content (AvgIpc) is 3.09. The molecule has 6 aromatic rings. The minimum atomic E-state index is -1.70. The Morgan fingerprint density at radius 3 is 0.980 bits per heavy atom. The molecule has 9 nitrogen and oxygen atoms in total. The van der Waals surface area contributed by atoms with E-state index in [0.717, 1.165) is 0 Å². The molecule has 0 spiro atoms. The van der Waals surface area contributed by atoms with Crippen LogP contribution in [0, 0.1) is 0 Å². The van der Waals surface area contributed by atoms with E-state index in [2.05, 4.69) is 0 Å². The molecule has 10 heteroatoms. The highest BCUT2D eigenvalue weighted by Gasteiger charge is 2.45. The second-order valence-corrected chi connectivity index (χ2v) is 14.0. The maximum Gasteiger partial charge on any atom is 0.336 e. The second-order valence-electron chi connectivity index (χ2n) is 12.5. The Hall–Kier alpha value is -5.39. The van der Waals surface area contributed by atoms with Gasteiger partial charge in [0.2, 0.25) is 0 Å². The molecule has 254 valence electrons. The molecule has 0 aliphatic rings. The Morgan fingerprint density at radius 1 is 0.480 bits per heavy atom. The third kappa shape index (κ3) is 5.62. The van der Waals surface area contributed by atoms with Crippen LogP contribution in [0.15, 0.2) is 91.0 Å². The van der Waals surface area contributed by atoms with E-state index in [0.29, 0.717) is 49.0 Å². The van der Waals surface area contributed by atoms with Crippen molar-refractivity contribution in [2.45, 2.75) is 24.3 Å². The van der Waals surface area contributed by atoms with Gasteiger partial charge < -0.3 is 30.6 Å². The molecule has 0 saturated heterocycles. The number of fused-ring (bicyclic) bond motifs is 3. The molecule has 0 aliphatic heterocycles. The number of carboxylic acid groups (broad SMARTS) is 3. The van der Waals surface area contributed by atoms with Crippen LogP contribution >= 0.6 is 0 Å². The molecule has 0 saturated carbocycles. The number of carbonyl (C=O) groups is 3. The highest BCUT2D eigenvalue weighted by Crippen LogP contribution is 2.51. The van der Waals surface area contributed by atoms with Gasteiger partial charge in [-0.2, -0.15) is 0 Å². The van der Waals surface area contributed by atoms with Gasteiger partial charge in [-0.15, -0.1) is 0 Å². The first-order valence-corrected chi connectivity index (χ1v) is 17.3. The summed E-state index contributed by atoms with van der Waals surface area (Å²) in [5.74, 6) is -3.93. The monoisotopic (exact) mass is 688 g/mol. The molecule has 0 bridgehead atoms. The van der Waals surface area contributed by atoms with E-state index in [1.165, 1.54) is 0 Å². The molecule has 0 atom stereocenters. The molecule has 0 aliphatic carbocycles. The minimum Gasteiger partial charge on any atom is -0.478 e. The minimum absolute atomic E-state index is 0.0225. The molecule has 0 aromatic heterocycles. The number of aromatic carboxylic acids is 3. The Balaban J connectivity index is 2.05. The largest absolute Gasteiger partial charge is 0.478 e. The topological polar surface area (TPSA) is 173 Å². The normalized spacial score (nSPS) is 11.8. The van der Waals surface area contributed by atoms with Gasteiger partial charge >= 0.3 is 17.9 Å². The lowest BCUT2D eigenvalue weighted by Gasteiger charge is -2.39. The summed E-state index contributed by atoms with van der Waals surface area (Å²) < 4.78 is 0. The van der Waals surface area contributed by atoms with Crippen molar-refractivity contribution in [3.05, 3.63) is 141 Å². The van der Waals surface area contributed by atoms with Crippen molar-refractivity contribution in [3.8, 4) is 0 Å². The predicted octanol–water partition coefficient (Wildman–Crippen LogP) is 4.50. The lowest BCUT2D eigenvalue weighted by molar-refractivity contribution is 0.0685. The fourth-order valence-electron chi connectivity index (χ4n) is 7.84. The van der Waals surface area contributed by atoms with Crippen LogP contribution in [-0.4, -0.2) is 78.6 Å². The summed E-state index contributed by atoms with van der Waals surface area (Å²) in [4.78, 5) is 40.8. The zero-order valence-corrected chi connectivity index (χ0v) is 29.3. The first-order valence-electron chi connectivity index (χ1n) is 16.3. The summed E-state index contributed by atoms with van der Waals surface area (Å²) in [6.07, 6.45) is -0.0676. The van der Waals surface area contributed by atoms with Crippen LogP contribution in [0.2, 0.25) is 0 Å². The third-order valence-electron chi connectivity index (χ3n) is 9.68. The van der Waals surface area contributed by atoms with Crippen molar-refractivity contribution < 1.29 is 45.0 Å². The molecule has 6 aromatic carbocycles. The Kier molecular flexibility index (Phi) is 9.55. The molecule has 6 N–H and O–H groups in total. The van der Waals surface area contributed by atoms with Gasteiger partial charge in [-0.25, -0.2) is 14.4 Å². The Bertz CT molecular complexity index is 2070. The van der Waals surface area contributed by atoms with E-state index < -0.39 is 22.9 Å². The maximum atomic E-state index is 13.6. The van der Waals surface area contributed by atoms with Crippen LogP contribution in [0.5, 0.6) is 0 Å². The van der Waals surface area contributed by atoms with E-state index in [-0.39, 0.29) is 82.7 Å². The van der Waals surface area contributed by atoms with Crippen LogP contribution in [0.25, 0.3) is 32.3 Å². The van der Waals surface area contributed by atoms with Crippen molar-refractivity contribution in [2.75, 3.05) is 19.8 Å². The molecular weight excluding hydrogens is 653 g/mol. The van der Waals surface area contributed by atoms with Gasteiger partial charge in [-0.1, -0.05) is 91.0 Å². The first kappa shape index (κ1) is 34.5. The van der Waals surface area contributed by atoms with Crippen LogP contribution in [0.4, 0.5) is 0 Å². The number of aliphatic hydroxyl groups is 3. The number of benzene rings is 6. The molecule has 0 fully saturated rings. The lowest BCUT2D eigenvalue weighted by Crippen LogP contribution is -2.38.